The van der Waals surface area contributed by atoms with E-state index in [0.29, 0.717) is 24.0 Å². The van der Waals surface area contributed by atoms with Crippen LogP contribution in [0, 0.1) is 11.7 Å². The number of amides is 2. The minimum atomic E-state index is -0.331. The molecule has 2 aliphatic heterocycles. The Kier molecular flexibility index (Phi) is 4.64. The van der Waals surface area contributed by atoms with Crippen molar-refractivity contribution < 1.29 is 9.18 Å². The van der Waals surface area contributed by atoms with Crippen LogP contribution in [0.2, 0.25) is 5.02 Å². The molecule has 26 heavy (non-hydrogen) atoms. The highest BCUT2D eigenvalue weighted by molar-refractivity contribution is 6.31. The fourth-order valence-electron chi connectivity index (χ4n) is 3.55. The summed E-state index contributed by atoms with van der Waals surface area (Å²) in [6.07, 6.45) is 3.28. The van der Waals surface area contributed by atoms with Gasteiger partial charge in [-0.05, 0) is 35.6 Å². The highest BCUT2D eigenvalue weighted by Crippen LogP contribution is 2.32. The second-order valence-corrected chi connectivity index (χ2v) is 7.21. The third-order valence-corrected chi connectivity index (χ3v) is 5.31. The van der Waals surface area contributed by atoms with E-state index in [1.54, 1.807) is 22.2 Å². The number of urea groups is 1. The van der Waals surface area contributed by atoms with Crippen LogP contribution < -0.4 is 0 Å². The summed E-state index contributed by atoms with van der Waals surface area (Å²) >= 11 is 6.10. The number of benzene rings is 2. The van der Waals surface area contributed by atoms with Gasteiger partial charge in [-0.1, -0.05) is 48.0 Å². The van der Waals surface area contributed by atoms with Gasteiger partial charge in [0.05, 0.1) is 6.04 Å². The van der Waals surface area contributed by atoms with Gasteiger partial charge in [-0.15, -0.1) is 0 Å². The standard InChI is InChI=1S/C20H19ClFN3O/c21-18-11-17(22)7-6-16(18)10-14-12-24(13-14)20(26)25-19(8-9-23-25)15-4-2-1-3-5-15/h1-7,9,11,14,19H,8,10,12-13H2. The van der Waals surface area contributed by atoms with Crippen molar-refractivity contribution in [2.45, 2.75) is 18.9 Å². The molecule has 4 nitrogen and oxygen atoms in total. The second-order valence-electron chi connectivity index (χ2n) is 6.80. The maximum absolute atomic E-state index is 13.1. The summed E-state index contributed by atoms with van der Waals surface area (Å²) in [5.74, 6) is 0.00619. The molecule has 2 heterocycles. The average Bonchev–Trinajstić information content (AvgIpc) is 3.09. The van der Waals surface area contributed by atoms with E-state index in [1.165, 1.54) is 12.1 Å². The molecule has 1 atom stereocenters. The van der Waals surface area contributed by atoms with Gasteiger partial charge in [0.25, 0.3) is 0 Å². The molecule has 0 spiro atoms. The van der Waals surface area contributed by atoms with Gasteiger partial charge in [0.1, 0.15) is 5.82 Å². The van der Waals surface area contributed by atoms with Crippen molar-refractivity contribution in [3.05, 3.63) is 70.5 Å². The lowest BCUT2D eigenvalue weighted by Crippen LogP contribution is -2.54. The first-order valence-electron chi connectivity index (χ1n) is 8.71. The minimum absolute atomic E-state index is 0.0331. The van der Waals surface area contributed by atoms with Gasteiger partial charge in [0.2, 0.25) is 0 Å². The van der Waals surface area contributed by atoms with Gasteiger partial charge in [0, 0.05) is 30.7 Å². The van der Waals surface area contributed by atoms with Crippen molar-refractivity contribution in [1.82, 2.24) is 9.91 Å². The molecule has 0 aliphatic carbocycles. The average molecular weight is 372 g/mol. The molecule has 0 bridgehead atoms. The smallest absolute Gasteiger partial charge is 0.322 e. The van der Waals surface area contributed by atoms with Crippen LogP contribution in [0.15, 0.2) is 53.6 Å². The summed E-state index contributed by atoms with van der Waals surface area (Å²) in [5.41, 5.74) is 2.01. The lowest BCUT2D eigenvalue weighted by atomic mass is 9.92. The zero-order valence-electron chi connectivity index (χ0n) is 14.2. The van der Waals surface area contributed by atoms with Crippen LogP contribution >= 0.6 is 11.6 Å². The van der Waals surface area contributed by atoms with E-state index in [4.69, 9.17) is 11.6 Å². The van der Waals surface area contributed by atoms with Crippen molar-refractivity contribution in [2.24, 2.45) is 11.0 Å². The summed E-state index contributed by atoms with van der Waals surface area (Å²) in [6.45, 7) is 1.33. The number of likely N-dealkylation sites (tertiary alicyclic amines) is 1. The minimum Gasteiger partial charge on any atom is -0.322 e. The Hall–Kier alpha value is -2.40. The van der Waals surface area contributed by atoms with E-state index >= 15 is 0 Å². The fourth-order valence-corrected chi connectivity index (χ4v) is 3.79. The highest BCUT2D eigenvalue weighted by atomic mass is 35.5. The van der Waals surface area contributed by atoms with Crippen LogP contribution in [0.3, 0.4) is 0 Å². The fraction of sp³-hybridized carbons (Fsp3) is 0.300. The number of rotatable bonds is 3. The van der Waals surface area contributed by atoms with Gasteiger partial charge < -0.3 is 4.90 Å². The number of carbonyl (C=O) groups excluding carboxylic acids is 1. The van der Waals surface area contributed by atoms with Crippen molar-refractivity contribution in [2.75, 3.05) is 13.1 Å². The van der Waals surface area contributed by atoms with Crippen molar-refractivity contribution in [3.63, 3.8) is 0 Å². The Morgan fingerprint density at radius 2 is 1.96 bits per heavy atom. The molecular weight excluding hydrogens is 353 g/mol. The molecule has 4 rings (SSSR count). The predicted octanol–water partition coefficient (Wildman–Crippen LogP) is 4.51. The molecule has 1 saturated heterocycles. The molecule has 2 aromatic rings. The lowest BCUT2D eigenvalue weighted by Gasteiger charge is -2.41. The van der Waals surface area contributed by atoms with E-state index < -0.39 is 0 Å². The van der Waals surface area contributed by atoms with Gasteiger partial charge in [-0.25, -0.2) is 14.2 Å². The van der Waals surface area contributed by atoms with E-state index in [9.17, 15) is 9.18 Å². The maximum Gasteiger partial charge on any atom is 0.341 e. The quantitative estimate of drug-likeness (QED) is 0.782. The van der Waals surface area contributed by atoms with Crippen LogP contribution in [-0.2, 0) is 6.42 Å². The SMILES string of the molecule is O=C(N1CC(Cc2ccc(F)cc2Cl)C1)N1N=CCC1c1ccccc1. The molecule has 2 aromatic carbocycles. The Labute approximate surface area is 156 Å². The molecule has 0 aromatic heterocycles. The van der Waals surface area contributed by atoms with E-state index in [0.717, 1.165) is 24.0 Å². The predicted molar refractivity (Wildman–Crippen MR) is 99.7 cm³/mol. The van der Waals surface area contributed by atoms with Gasteiger partial charge in [-0.2, -0.15) is 5.10 Å². The Morgan fingerprint density at radius 3 is 2.69 bits per heavy atom. The third kappa shape index (κ3) is 3.31. The zero-order chi connectivity index (χ0) is 18.1. The van der Waals surface area contributed by atoms with Gasteiger partial charge in [0.15, 0.2) is 0 Å². The van der Waals surface area contributed by atoms with Crippen molar-refractivity contribution in [1.29, 1.82) is 0 Å². The molecule has 1 fully saturated rings. The van der Waals surface area contributed by atoms with Crippen LogP contribution in [0.1, 0.15) is 23.6 Å². The third-order valence-electron chi connectivity index (χ3n) is 4.96. The highest BCUT2D eigenvalue weighted by Gasteiger charge is 2.37. The Balaban J connectivity index is 1.36. The van der Waals surface area contributed by atoms with Gasteiger partial charge in [-0.3, -0.25) is 0 Å². The molecule has 0 saturated carbocycles. The maximum atomic E-state index is 13.1. The van der Waals surface area contributed by atoms with Crippen LogP contribution in [0.4, 0.5) is 9.18 Å². The number of halogens is 2. The van der Waals surface area contributed by atoms with Crippen LogP contribution in [0.25, 0.3) is 0 Å². The number of nitrogens with zero attached hydrogens (tertiary/aromatic N) is 3. The molecule has 6 heteroatoms. The molecule has 0 radical (unpaired) electrons. The molecule has 2 amide bonds. The zero-order valence-corrected chi connectivity index (χ0v) is 14.9. The number of hydrogen-bond donors (Lipinski definition) is 0. The van der Waals surface area contributed by atoms with Crippen LogP contribution in [-0.4, -0.2) is 35.2 Å². The Morgan fingerprint density at radius 1 is 1.19 bits per heavy atom. The lowest BCUT2D eigenvalue weighted by molar-refractivity contribution is 0.0835. The molecule has 1 unspecified atom stereocenters. The first-order chi connectivity index (χ1) is 12.6. The monoisotopic (exact) mass is 371 g/mol. The number of carbonyl (C=O) groups is 1. The van der Waals surface area contributed by atoms with Crippen molar-refractivity contribution in [3.8, 4) is 0 Å². The van der Waals surface area contributed by atoms with E-state index in [2.05, 4.69) is 5.10 Å². The molecule has 2 aliphatic rings. The molecule has 134 valence electrons. The van der Waals surface area contributed by atoms with E-state index in [1.807, 2.05) is 30.3 Å². The van der Waals surface area contributed by atoms with Crippen molar-refractivity contribution >= 4 is 23.8 Å². The number of hydrazone groups is 1. The summed E-state index contributed by atoms with van der Waals surface area (Å²) in [4.78, 5) is 14.6. The topological polar surface area (TPSA) is 35.9 Å². The molecule has 0 N–H and O–H groups in total. The Bertz CT molecular complexity index is 836. The normalized spacial score (nSPS) is 19.7. The second kappa shape index (κ2) is 7.08. The largest absolute Gasteiger partial charge is 0.341 e. The van der Waals surface area contributed by atoms with Crippen LogP contribution in [0.5, 0.6) is 0 Å². The first-order valence-corrected chi connectivity index (χ1v) is 9.09. The first kappa shape index (κ1) is 17.0. The van der Waals surface area contributed by atoms with E-state index in [-0.39, 0.29) is 17.9 Å². The summed E-state index contributed by atoms with van der Waals surface area (Å²) in [7, 11) is 0. The number of hydrogen-bond acceptors (Lipinski definition) is 2. The summed E-state index contributed by atoms with van der Waals surface area (Å²) < 4.78 is 13.1. The van der Waals surface area contributed by atoms with Gasteiger partial charge >= 0.3 is 6.03 Å². The summed E-state index contributed by atoms with van der Waals surface area (Å²) in [5, 5.41) is 6.31. The summed E-state index contributed by atoms with van der Waals surface area (Å²) in [6, 6.07) is 14.3. The molecular formula is C20H19ClFN3O.